The van der Waals surface area contributed by atoms with E-state index in [0.29, 0.717) is 6.61 Å². The standard InChI is InChI=1S/C13H17NO2/c1-2-10-5-3-6-11(9-10)14-13(15)12-7-4-8-16-12/h3,5-6,9,12H,2,4,7-8H2,1H3,(H,14,15)/t12-/m0/s1. The zero-order valence-electron chi connectivity index (χ0n) is 9.53. The first-order chi connectivity index (χ1) is 7.79. The Kier molecular flexibility index (Phi) is 3.57. The van der Waals surface area contributed by atoms with Crippen molar-refractivity contribution in [3.8, 4) is 0 Å². The van der Waals surface area contributed by atoms with Crippen LogP contribution in [0.5, 0.6) is 0 Å². The summed E-state index contributed by atoms with van der Waals surface area (Å²) in [6, 6.07) is 7.94. The van der Waals surface area contributed by atoms with Crippen LogP contribution in [0.4, 0.5) is 5.69 Å². The van der Waals surface area contributed by atoms with Crippen LogP contribution in [0.1, 0.15) is 25.3 Å². The SMILES string of the molecule is CCc1cccc(NC(=O)[C@@H]2CCCO2)c1. The smallest absolute Gasteiger partial charge is 0.253 e. The third-order valence-electron chi connectivity index (χ3n) is 2.82. The van der Waals surface area contributed by atoms with Gasteiger partial charge in [-0.05, 0) is 37.0 Å². The van der Waals surface area contributed by atoms with Gasteiger partial charge in [-0.15, -0.1) is 0 Å². The normalized spacial score (nSPS) is 19.7. The molecule has 1 fully saturated rings. The van der Waals surface area contributed by atoms with Crippen LogP contribution in [0.3, 0.4) is 0 Å². The second-order valence-electron chi connectivity index (χ2n) is 4.04. The van der Waals surface area contributed by atoms with Gasteiger partial charge in [0.1, 0.15) is 6.10 Å². The van der Waals surface area contributed by atoms with Gasteiger partial charge in [-0.2, -0.15) is 0 Å². The van der Waals surface area contributed by atoms with E-state index in [4.69, 9.17) is 4.74 Å². The minimum absolute atomic E-state index is 0.0225. The fourth-order valence-corrected chi connectivity index (χ4v) is 1.88. The van der Waals surface area contributed by atoms with Crippen molar-refractivity contribution < 1.29 is 9.53 Å². The molecule has 2 rings (SSSR count). The number of hydrogen-bond acceptors (Lipinski definition) is 2. The van der Waals surface area contributed by atoms with Gasteiger partial charge in [-0.1, -0.05) is 19.1 Å². The van der Waals surface area contributed by atoms with E-state index in [0.717, 1.165) is 24.9 Å². The number of carbonyl (C=O) groups is 1. The van der Waals surface area contributed by atoms with Crippen LogP contribution in [-0.4, -0.2) is 18.6 Å². The molecule has 3 heteroatoms. The van der Waals surface area contributed by atoms with Gasteiger partial charge < -0.3 is 10.1 Å². The number of hydrogen-bond donors (Lipinski definition) is 1. The Bertz CT molecular complexity index is 370. The maximum Gasteiger partial charge on any atom is 0.253 e. The predicted octanol–water partition coefficient (Wildman–Crippen LogP) is 2.37. The molecule has 86 valence electrons. The lowest BCUT2D eigenvalue weighted by Gasteiger charge is -2.10. The fraction of sp³-hybridized carbons (Fsp3) is 0.462. The Balaban J connectivity index is 1.99. The van der Waals surface area contributed by atoms with Crippen molar-refractivity contribution in [2.24, 2.45) is 0 Å². The third kappa shape index (κ3) is 2.61. The second kappa shape index (κ2) is 5.12. The first kappa shape index (κ1) is 11.1. The quantitative estimate of drug-likeness (QED) is 0.847. The van der Waals surface area contributed by atoms with Crippen molar-refractivity contribution in [1.82, 2.24) is 0 Å². The summed E-state index contributed by atoms with van der Waals surface area (Å²) in [5.74, 6) is -0.0225. The van der Waals surface area contributed by atoms with Crippen molar-refractivity contribution in [3.05, 3.63) is 29.8 Å². The molecule has 0 unspecified atom stereocenters. The van der Waals surface area contributed by atoms with Crippen molar-refractivity contribution in [3.63, 3.8) is 0 Å². The Hall–Kier alpha value is -1.35. The van der Waals surface area contributed by atoms with E-state index in [9.17, 15) is 4.79 Å². The molecule has 0 spiro atoms. The van der Waals surface area contributed by atoms with E-state index in [1.165, 1.54) is 5.56 Å². The molecule has 1 heterocycles. The molecule has 1 aromatic rings. The van der Waals surface area contributed by atoms with E-state index in [-0.39, 0.29) is 12.0 Å². The van der Waals surface area contributed by atoms with Crippen molar-refractivity contribution >= 4 is 11.6 Å². The van der Waals surface area contributed by atoms with E-state index in [1.807, 2.05) is 18.2 Å². The highest BCUT2D eigenvalue weighted by Gasteiger charge is 2.23. The molecule has 1 saturated heterocycles. The van der Waals surface area contributed by atoms with Gasteiger partial charge in [0.2, 0.25) is 0 Å². The monoisotopic (exact) mass is 219 g/mol. The van der Waals surface area contributed by atoms with Crippen LogP contribution in [0.2, 0.25) is 0 Å². The van der Waals surface area contributed by atoms with Crippen molar-refractivity contribution in [2.45, 2.75) is 32.3 Å². The first-order valence-corrected chi connectivity index (χ1v) is 5.81. The van der Waals surface area contributed by atoms with E-state index < -0.39 is 0 Å². The molecule has 0 aliphatic carbocycles. The Morgan fingerprint density at radius 2 is 2.44 bits per heavy atom. The molecular weight excluding hydrogens is 202 g/mol. The average molecular weight is 219 g/mol. The molecule has 1 aliphatic rings. The highest BCUT2D eigenvalue weighted by Crippen LogP contribution is 2.16. The van der Waals surface area contributed by atoms with Crippen LogP contribution in [-0.2, 0) is 16.0 Å². The lowest BCUT2D eigenvalue weighted by molar-refractivity contribution is -0.124. The molecule has 3 nitrogen and oxygen atoms in total. The summed E-state index contributed by atoms with van der Waals surface area (Å²) in [5.41, 5.74) is 2.09. The Labute approximate surface area is 95.8 Å². The Morgan fingerprint density at radius 3 is 3.12 bits per heavy atom. The summed E-state index contributed by atoms with van der Waals surface area (Å²) in [4.78, 5) is 11.8. The predicted molar refractivity (Wildman–Crippen MR) is 63.4 cm³/mol. The largest absolute Gasteiger partial charge is 0.368 e. The molecule has 1 N–H and O–H groups in total. The lowest BCUT2D eigenvalue weighted by atomic mass is 10.1. The summed E-state index contributed by atoms with van der Waals surface area (Å²) in [6.45, 7) is 2.80. The van der Waals surface area contributed by atoms with Crippen LogP contribution in [0.25, 0.3) is 0 Å². The number of nitrogens with one attached hydrogen (secondary N) is 1. The van der Waals surface area contributed by atoms with Crippen LogP contribution < -0.4 is 5.32 Å². The van der Waals surface area contributed by atoms with E-state index in [1.54, 1.807) is 0 Å². The minimum atomic E-state index is -0.259. The maximum atomic E-state index is 11.8. The van der Waals surface area contributed by atoms with Crippen LogP contribution >= 0.6 is 0 Å². The number of aryl methyl sites for hydroxylation is 1. The van der Waals surface area contributed by atoms with Gasteiger partial charge in [0, 0.05) is 12.3 Å². The van der Waals surface area contributed by atoms with Gasteiger partial charge in [-0.3, -0.25) is 4.79 Å². The summed E-state index contributed by atoms with van der Waals surface area (Å²) in [6.07, 6.45) is 2.53. The van der Waals surface area contributed by atoms with Crippen molar-refractivity contribution in [1.29, 1.82) is 0 Å². The Morgan fingerprint density at radius 1 is 1.56 bits per heavy atom. The molecule has 1 atom stereocenters. The number of amides is 1. The first-order valence-electron chi connectivity index (χ1n) is 5.81. The summed E-state index contributed by atoms with van der Waals surface area (Å²) < 4.78 is 5.33. The number of rotatable bonds is 3. The molecule has 0 saturated carbocycles. The molecule has 1 amide bonds. The summed E-state index contributed by atoms with van der Waals surface area (Å²) in [5, 5.41) is 2.89. The van der Waals surface area contributed by atoms with Gasteiger partial charge in [0.15, 0.2) is 0 Å². The maximum absolute atomic E-state index is 11.8. The van der Waals surface area contributed by atoms with Crippen molar-refractivity contribution in [2.75, 3.05) is 11.9 Å². The molecule has 0 bridgehead atoms. The van der Waals surface area contributed by atoms with Crippen LogP contribution in [0, 0.1) is 0 Å². The molecular formula is C13H17NO2. The highest BCUT2D eigenvalue weighted by molar-refractivity contribution is 5.94. The topological polar surface area (TPSA) is 38.3 Å². The fourth-order valence-electron chi connectivity index (χ4n) is 1.88. The average Bonchev–Trinajstić information content (AvgIpc) is 2.83. The zero-order valence-corrected chi connectivity index (χ0v) is 9.53. The van der Waals surface area contributed by atoms with Gasteiger partial charge in [0.05, 0.1) is 0 Å². The van der Waals surface area contributed by atoms with Gasteiger partial charge >= 0.3 is 0 Å². The van der Waals surface area contributed by atoms with E-state index in [2.05, 4.69) is 18.3 Å². The number of benzene rings is 1. The molecule has 1 aliphatic heterocycles. The van der Waals surface area contributed by atoms with E-state index >= 15 is 0 Å². The van der Waals surface area contributed by atoms with Gasteiger partial charge in [-0.25, -0.2) is 0 Å². The summed E-state index contributed by atoms with van der Waals surface area (Å²) >= 11 is 0. The third-order valence-corrected chi connectivity index (χ3v) is 2.82. The molecule has 0 aromatic heterocycles. The second-order valence-corrected chi connectivity index (χ2v) is 4.04. The summed E-state index contributed by atoms with van der Waals surface area (Å²) in [7, 11) is 0. The molecule has 16 heavy (non-hydrogen) atoms. The lowest BCUT2D eigenvalue weighted by Crippen LogP contribution is -2.26. The molecule has 1 aromatic carbocycles. The molecule has 0 radical (unpaired) electrons. The minimum Gasteiger partial charge on any atom is -0.368 e. The van der Waals surface area contributed by atoms with Crippen LogP contribution in [0.15, 0.2) is 24.3 Å². The number of ether oxygens (including phenoxy) is 1. The highest BCUT2D eigenvalue weighted by atomic mass is 16.5. The number of carbonyl (C=O) groups excluding carboxylic acids is 1. The number of anilines is 1. The zero-order chi connectivity index (χ0) is 11.4. The van der Waals surface area contributed by atoms with Gasteiger partial charge in [0.25, 0.3) is 5.91 Å².